The van der Waals surface area contributed by atoms with E-state index in [1.807, 2.05) is 12.2 Å². The Kier molecular flexibility index (Phi) is 12.1. The first-order valence-electron chi connectivity index (χ1n) is 6.71. The maximum Gasteiger partial charge on any atom is 0.0431 e. The topological polar surface area (TPSA) is 20.2 Å². The van der Waals surface area contributed by atoms with Gasteiger partial charge < -0.3 is 5.11 Å². The summed E-state index contributed by atoms with van der Waals surface area (Å²) in [6, 6.07) is 0. The zero-order valence-corrected chi connectivity index (χ0v) is 10.7. The lowest BCUT2D eigenvalue weighted by Crippen LogP contribution is -1.90. The summed E-state index contributed by atoms with van der Waals surface area (Å²) in [6.45, 7) is 7.95. The van der Waals surface area contributed by atoms with Crippen LogP contribution in [0.15, 0.2) is 25.3 Å². The van der Waals surface area contributed by atoms with Gasteiger partial charge in [-0.2, -0.15) is 0 Å². The summed E-state index contributed by atoms with van der Waals surface area (Å²) in [5.41, 5.74) is 0. The minimum atomic E-state index is 0.352. The molecule has 0 rings (SSSR count). The lowest BCUT2D eigenvalue weighted by atomic mass is 10.0. The Labute approximate surface area is 101 Å². The van der Waals surface area contributed by atoms with Crippen molar-refractivity contribution in [1.29, 1.82) is 0 Å². The lowest BCUT2D eigenvalue weighted by Gasteiger charge is -2.06. The fourth-order valence-corrected chi connectivity index (χ4v) is 1.88. The summed E-state index contributed by atoms with van der Waals surface area (Å²) in [5, 5.41) is 8.62. The molecule has 0 bridgehead atoms. The molecule has 0 spiro atoms. The van der Waals surface area contributed by atoms with Crippen LogP contribution < -0.4 is 0 Å². The van der Waals surface area contributed by atoms with E-state index in [2.05, 4.69) is 13.2 Å². The molecule has 0 aromatic carbocycles. The van der Waals surface area contributed by atoms with E-state index in [0.29, 0.717) is 12.5 Å². The van der Waals surface area contributed by atoms with E-state index in [4.69, 9.17) is 5.11 Å². The van der Waals surface area contributed by atoms with Crippen molar-refractivity contribution in [3.63, 3.8) is 0 Å². The number of hydrogen-bond acceptors (Lipinski definition) is 1. The smallest absolute Gasteiger partial charge is 0.0431 e. The fourth-order valence-electron chi connectivity index (χ4n) is 1.88. The summed E-state index contributed by atoms with van der Waals surface area (Å²) < 4.78 is 0. The van der Waals surface area contributed by atoms with E-state index in [1.165, 1.54) is 51.4 Å². The van der Waals surface area contributed by atoms with Gasteiger partial charge in [-0.15, -0.1) is 13.2 Å². The van der Waals surface area contributed by atoms with Crippen LogP contribution in [-0.4, -0.2) is 11.7 Å². The van der Waals surface area contributed by atoms with Crippen molar-refractivity contribution in [1.82, 2.24) is 0 Å². The molecular formula is C15H28O. The van der Waals surface area contributed by atoms with Gasteiger partial charge in [0.2, 0.25) is 0 Å². The van der Waals surface area contributed by atoms with Gasteiger partial charge in [0.25, 0.3) is 0 Å². The number of hydrogen-bond donors (Lipinski definition) is 1. The molecule has 0 fully saturated rings. The first kappa shape index (κ1) is 15.4. The Hall–Kier alpha value is -0.560. The Balaban J connectivity index is 3.09. The molecule has 0 aliphatic rings. The molecule has 0 amide bonds. The highest BCUT2D eigenvalue weighted by Gasteiger charge is 1.98. The quantitative estimate of drug-likeness (QED) is 0.383. The second-order valence-corrected chi connectivity index (χ2v) is 4.48. The van der Waals surface area contributed by atoms with Gasteiger partial charge in [-0.25, -0.2) is 0 Å². The largest absolute Gasteiger partial charge is 0.396 e. The number of allylic oxidation sites excluding steroid dienone is 2. The standard InChI is InChI=1S/C15H28O/c1-3-15(4-2)13-11-9-7-5-6-8-10-12-14-16/h3-4,15-16H,1-2,5-14H2. The van der Waals surface area contributed by atoms with E-state index in [0.717, 1.165) is 6.42 Å². The van der Waals surface area contributed by atoms with Gasteiger partial charge in [0, 0.05) is 6.61 Å². The van der Waals surface area contributed by atoms with Crippen molar-refractivity contribution < 1.29 is 5.11 Å². The van der Waals surface area contributed by atoms with Gasteiger partial charge in [-0.1, -0.05) is 57.1 Å². The van der Waals surface area contributed by atoms with Crippen molar-refractivity contribution in [3.05, 3.63) is 25.3 Å². The van der Waals surface area contributed by atoms with Crippen LogP contribution in [0.2, 0.25) is 0 Å². The minimum Gasteiger partial charge on any atom is -0.396 e. The van der Waals surface area contributed by atoms with E-state index in [9.17, 15) is 0 Å². The molecule has 0 aromatic heterocycles. The summed E-state index contributed by atoms with van der Waals surface area (Å²) in [5.74, 6) is 0.504. The maximum absolute atomic E-state index is 8.62. The number of rotatable bonds is 12. The van der Waals surface area contributed by atoms with Gasteiger partial charge in [0.15, 0.2) is 0 Å². The Morgan fingerprint density at radius 1 is 0.750 bits per heavy atom. The van der Waals surface area contributed by atoms with Crippen LogP contribution >= 0.6 is 0 Å². The molecule has 0 radical (unpaired) electrons. The zero-order chi connectivity index (χ0) is 12.1. The second kappa shape index (κ2) is 12.5. The summed E-state index contributed by atoms with van der Waals surface area (Å²) >= 11 is 0. The normalized spacial score (nSPS) is 10.6. The van der Waals surface area contributed by atoms with Crippen LogP contribution in [0.4, 0.5) is 0 Å². The molecule has 1 N–H and O–H groups in total. The first-order valence-corrected chi connectivity index (χ1v) is 6.71. The molecule has 0 aromatic rings. The van der Waals surface area contributed by atoms with Crippen molar-refractivity contribution in [2.45, 2.75) is 57.8 Å². The molecule has 0 heterocycles. The molecule has 0 aliphatic heterocycles. The van der Waals surface area contributed by atoms with Crippen molar-refractivity contribution >= 4 is 0 Å². The Morgan fingerprint density at radius 2 is 1.19 bits per heavy atom. The van der Waals surface area contributed by atoms with Crippen LogP contribution in [-0.2, 0) is 0 Å². The number of unbranched alkanes of at least 4 members (excludes halogenated alkanes) is 7. The molecule has 0 saturated carbocycles. The average Bonchev–Trinajstić information content (AvgIpc) is 2.32. The number of aliphatic hydroxyl groups is 1. The minimum absolute atomic E-state index is 0.352. The molecular weight excluding hydrogens is 196 g/mol. The third-order valence-electron chi connectivity index (χ3n) is 3.05. The van der Waals surface area contributed by atoms with Gasteiger partial charge in [0.1, 0.15) is 0 Å². The number of aliphatic hydroxyl groups excluding tert-OH is 1. The van der Waals surface area contributed by atoms with E-state index in [-0.39, 0.29) is 0 Å². The highest BCUT2D eigenvalue weighted by atomic mass is 16.2. The van der Waals surface area contributed by atoms with Gasteiger partial charge in [-0.05, 0) is 18.8 Å². The summed E-state index contributed by atoms with van der Waals surface area (Å²) in [7, 11) is 0. The molecule has 0 saturated heterocycles. The SMILES string of the molecule is C=CC(C=C)CCCCCCCCCCO. The molecule has 1 nitrogen and oxygen atoms in total. The van der Waals surface area contributed by atoms with Crippen LogP contribution in [0.5, 0.6) is 0 Å². The average molecular weight is 224 g/mol. The zero-order valence-electron chi connectivity index (χ0n) is 10.7. The van der Waals surface area contributed by atoms with E-state index in [1.54, 1.807) is 0 Å². The van der Waals surface area contributed by atoms with Gasteiger partial charge in [0.05, 0.1) is 0 Å². The van der Waals surface area contributed by atoms with Crippen LogP contribution in [0, 0.1) is 5.92 Å². The highest BCUT2D eigenvalue weighted by Crippen LogP contribution is 2.14. The van der Waals surface area contributed by atoms with Crippen molar-refractivity contribution in [2.24, 2.45) is 5.92 Å². The monoisotopic (exact) mass is 224 g/mol. The molecule has 0 atom stereocenters. The van der Waals surface area contributed by atoms with Crippen molar-refractivity contribution in [3.8, 4) is 0 Å². The first-order chi connectivity index (χ1) is 7.85. The third-order valence-corrected chi connectivity index (χ3v) is 3.05. The van der Waals surface area contributed by atoms with Gasteiger partial charge >= 0.3 is 0 Å². The molecule has 0 aliphatic carbocycles. The predicted octanol–water partition coefficient (Wildman–Crippen LogP) is 4.48. The fraction of sp³-hybridized carbons (Fsp3) is 0.733. The highest BCUT2D eigenvalue weighted by molar-refractivity contribution is 4.91. The van der Waals surface area contributed by atoms with Crippen LogP contribution in [0.25, 0.3) is 0 Å². The summed E-state index contributed by atoms with van der Waals surface area (Å²) in [6.07, 6.45) is 15.3. The van der Waals surface area contributed by atoms with E-state index < -0.39 is 0 Å². The molecule has 1 heteroatoms. The van der Waals surface area contributed by atoms with Gasteiger partial charge in [-0.3, -0.25) is 0 Å². The second-order valence-electron chi connectivity index (χ2n) is 4.48. The molecule has 94 valence electrons. The maximum atomic E-state index is 8.62. The predicted molar refractivity (Wildman–Crippen MR) is 72.5 cm³/mol. The summed E-state index contributed by atoms with van der Waals surface area (Å²) in [4.78, 5) is 0. The lowest BCUT2D eigenvalue weighted by molar-refractivity contribution is 0.282. The van der Waals surface area contributed by atoms with E-state index >= 15 is 0 Å². The third kappa shape index (κ3) is 9.97. The Morgan fingerprint density at radius 3 is 1.62 bits per heavy atom. The van der Waals surface area contributed by atoms with Crippen LogP contribution in [0.3, 0.4) is 0 Å². The van der Waals surface area contributed by atoms with Crippen LogP contribution in [0.1, 0.15) is 57.8 Å². The molecule has 16 heavy (non-hydrogen) atoms. The van der Waals surface area contributed by atoms with Crippen molar-refractivity contribution in [2.75, 3.05) is 6.61 Å². The Bertz CT molecular complexity index is 155. The molecule has 0 unspecified atom stereocenters.